The molecule has 0 aliphatic rings. The molecular weight excluding hydrogens is 439 g/mol. The highest BCUT2D eigenvalue weighted by atomic mass is 19.4. The van der Waals surface area contributed by atoms with Gasteiger partial charge in [0.25, 0.3) is 5.69 Å². The van der Waals surface area contributed by atoms with Crippen molar-refractivity contribution in [3.05, 3.63) is 70.4 Å². The van der Waals surface area contributed by atoms with Crippen LogP contribution in [-0.4, -0.2) is 35.1 Å². The van der Waals surface area contributed by atoms with Crippen LogP contribution in [0.25, 0.3) is 0 Å². The number of halogens is 3. The summed E-state index contributed by atoms with van der Waals surface area (Å²) in [6, 6.07) is 12.1. The smallest absolute Gasteiger partial charge is 0.421 e. The molecule has 0 atom stereocenters. The molecule has 0 amide bonds. The summed E-state index contributed by atoms with van der Waals surface area (Å²) in [5.74, 6) is 0.325. The van der Waals surface area contributed by atoms with E-state index in [1.807, 2.05) is 13.8 Å². The molecule has 0 aliphatic heterocycles. The maximum atomic E-state index is 13.7. The predicted molar refractivity (Wildman–Crippen MR) is 118 cm³/mol. The number of ether oxygens (including phenoxy) is 1. The number of nitro groups is 1. The van der Waals surface area contributed by atoms with Gasteiger partial charge < -0.3 is 14.5 Å². The van der Waals surface area contributed by atoms with Crippen molar-refractivity contribution in [1.82, 2.24) is 9.97 Å². The summed E-state index contributed by atoms with van der Waals surface area (Å²) in [5, 5.41) is 10.9. The molecule has 33 heavy (non-hydrogen) atoms. The van der Waals surface area contributed by atoms with Crippen LogP contribution in [0.15, 0.2) is 54.7 Å². The molecule has 11 heteroatoms. The number of non-ortho nitro benzene ring substituents is 1. The normalized spacial score (nSPS) is 11.4. The molecule has 2 aromatic carbocycles. The van der Waals surface area contributed by atoms with E-state index in [4.69, 9.17) is 4.74 Å². The SMILES string of the molecule is CC(C)Oc1ccc(N(C)c2ncc(C(F)(F)F)c(N(C)c3ccc([N+](=O)[O-])cc3)n2)cc1. The largest absolute Gasteiger partial charge is 0.491 e. The van der Waals surface area contributed by atoms with Gasteiger partial charge in [-0.2, -0.15) is 18.2 Å². The molecule has 0 N–H and O–H groups in total. The maximum absolute atomic E-state index is 13.7. The Bertz CT molecular complexity index is 1120. The van der Waals surface area contributed by atoms with Crippen LogP contribution in [0.5, 0.6) is 5.75 Å². The van der Waals surface area contributed by atoms with Gasteiger partial charge in [-0.05, 0) is 50.2 Å². The fourth-order valence-electron chi connectivity index (χ4n) is 3.04. The first-order valence-corrected chi connectivity index (χ1v) is 9.90. The lowest BCUT2D eigenvalue weighted by Gasteiger charge is -2.25. The Morgan fingerprint density at radius 1 is 0.970 bits per heavy atom. The lowest BCUT2D eigenvalue weighted by Crippen LogP contribution is -2.21. The predicted octanol–water partition coefficient (Wildman–Crippen LogP) is 5.73. The molecule has 0 aliphatic carbocycles. The van der Waals surface area contributed by atoms with Crippen LogP contribution in [0.4, 0.5) is 42.0 Å². The van der Waals surface area contributed by atoms with Crippen molar-refractivity contribution in [3.63, 3.8) is 0 Å². The van der Waals surface area contributed by atoms with Gasteiger partial charge in [-0.15, -0.1) is 0 Å². The van der Waals surface area contributed by atoms with Crippen molar-refractivity contribution in [2.45, 2.75) is 26.1 Å². The third-order valence-corrected chi connectivity index (χ3v) is 4.72. The Morgan fingerprint density at radius 3 is 2.03 bits per heavy atom. The van der Waals surface area contributed by atoms with E-state index < -0.39 is 16.7 Å². The summed E-state index contributed by atoms with van der Waals surface area (Å²) in [5.41, 5.74) is -0.249. The number of benzene rings is 2. The first kappa shape index (κ1) is 23.8. The van der Waals surface area contributed by atoms with Crippen molar-refractivity contribution in [3.8, 4) is 5.75 Å². The van der Waals surface area contributed by atoms with Crippen molar-refractivity contribution in [2.75, 3.05) is 23.9 Å². The van der Waals surface area contributed by atoms with Crippen LogP contribution in [0.1, 0.15) is 19.4 Å². The second kappa shape index (κ2) is 9.31. The first-order valence-electron chi connectivity index (χ1n) is 9.90. The Labute approximate surface area is 188 Å². The molecule has 3 aromatic rings. The standard InChI is InChI=1S/C22H22F3N5O3/c1-14(2)33-18-11-9-16(10-12-18)29(4)21-26-13-19(22(23,24)25)20(27-21)28(3)15-5-7-17(8-6-15)30(31)32/h5-14H,1-4H3. The van der Waals surface area contributed by atoms with Crippen LogP contribution in [0.2, 0.25) is 0 Å². The average Bonchev–Trinajstić information content (AvgIpc) is 2.77. The van der Waals surface area contributed by atoms with E-state index in [1.165, 1.54) is 36.2 Å². The van der Waals surface area contributed by atoms with Crippen LogP contribution in [0.3, 0.4) is 0 Å². The second-order valence-electron chi connectivity index (χ2n) is 7.46. The molecule has 174 valence electrons. The van der Waals surface area contributed by atoms with Crippen LogP contribution in [0, 0.1) is 10.1 Å². The van der Waals surface area contributed by atoms with E-state index in [2.05, 4.69) is 9.97 Å². The number of nitrogens with zero attached hydrogens (tertiary/aromatic N) is 5. The third kappa shape index (κ3) is 5.48. The number of hydrogen-bond acceptors (Lipinski definition) is 7. The summed E-state index contributed by atoms with van der Waals surface area (Å²) in [6.07, 6.45) is -3.96. The van der Waals surface area contributed by atoms with Gasteiger partial charge in [-0.1, -0.05) is 0 Å². The summed E-state index contributed by atoms with van der Waals surface area (Å²) < 4.78 is 46.6. The highest BCUT2D eigenvalue weighted by molar-refractivity contribution is 5.66. The van der Waals surface area contributed by atoms with Crippen LogP contribution in [-0.2, 0) is 6.18 Å². The van der Waals surface area contributed by atoms with Gasteiger partial charge in [-0.25, -0.2) is 4.98 Å². The molecule has 3 rings (SSSR count). The molecule has 0 spiro atoms. The Balaban J connectivity index is 1.98. The molecule has 1 aromatic heterocycles. The van der Waals surface area contributed by atoms with E-state index in [0.29, 0.717) is 17.1 Å². The Morgan fingerprint density at radius 2 is 1.52 bits per heavy atom. The van der Waals surface area contributed by atoms with E-state index in [1.54, 1.807) is 36.2 Å². The lowest BCUT2D eigenvalue weighted by atomic mass is 10.2. The number of nitro benzene ring substituents is 1. The van der Waals surface area contributed by atoms with Crippen molar-refractivity contribution >= 4 is 28.8 Å². The van der Waals surface area contributed by atoms with Crippen molar-refractivity contribution < 1.29 is 22.8 Å². The van der Waals surface area contributed by atoms with Crippen molar-refractivity contribution in [2.24, 2.45) is 0 Å². The van der Waals surface area contributed by atoms with E-state index >= 15 is 0 Å². The minimum absolute atomic E-state index is 0.00402. The zero-order valence-corrected chi connectivity index (χ0v) is 18.4. The molecule has 0 bridgehead atoms. The molecule has 1 heterocycles. The molecule has 0 radical (unpaired) electrons. The van der Waals surface area contributed by atoms with Gasteiger partial charge in [0.15, 0.2) is 5.82 Å². The molecule has 0 fully saturated rings. The van der Waals surface area contributed by atoms with Gasteiger partial charge in [0.2, 0.25) is 5.95 Å². The second-order valence-corrected chi connectivity index (χ2v) is 7.46. The zero-order chi connectivity index (χ0) is 24.3. The van der Waals surface area contributed by atoms with E-state index in [-0.39, 0.29) is 23.6 Å². The Hall–Kier alpha value is -3.89. The number of hydrogen-bond donors (Lipinski definition) is 0. The zero-order valence-electron chi connectivity index (χ0n) is 18.4. The minimum Gasteiger partial charge on any atom is -0.491 e. The van der Waals surface area contributed by atoms with E-state index in [9.17, 15) is 23.3 Å². The fourth-order valence-corrected chi connectivity index (χ4v) is 3.04. The monoisotopic (exact) mass is 461 g/mol. The van der Waals surface area contributed by atoms with Gasteiger partial charge in [0, 0.05) is 43.8 Å². The first-order chi connectivity index (χ1) is 15.5. The molecule has 0 unspecified atom stereocenters. The lowest BCUT2D eigenvalue weighted by molar-refractivity contribution is -0.384. The summed E-state index contributed by atoms with van der Waals surface area (Å²) in [4.78, 5) is 21.1. The summed E-state index contributed by atoms with van der Waals surface area (Å²) >= 11 is 0. The van der Waals surface area contributed by atoms with Gasteiger partial charge in [0.05, 0.1) is 11.0 Å². The van der Waals surface area contributed by atoms with Gasteiger partial charge in [0.1, 0.15) is 11.3 Å². The number of alkyl halides is 3. The van der Waals surface area contributed by atoms with Crippen molar-refractivity contribution in [1.29, 1.82) is 0 Å². The quantitative estimate of drug-likeness (QED) is 0.328. The maximum Gasteiger partial charge on any atom is 0.421 e. The van der Waals surface area contributed by atoms with E-state index in [0.717, 1.165) is 6.20 Å². The Kier molecular flexibility index (Phi) is 6.70. The summed E-state index contributed by atoms with van der Waals surface area (Å²) in [6.45, 7) is 3.80. The molecular formula is C22H22F3N5O3. The number of rotatable bonds is 7. The molecule has 8 nitrogen and oxygen atoms in total. The topological polar surface area (TPSA) is 84.6 Å². The fraction of sp³-hybridized carbons (Fsp3) is 0.273. The number of aromatic nitrogens is 2. The summed E-state index contributed by atoms with van der Waals surface area (Å²) in [7, 11) is 3.04. The molecule has 0 saturated carbocycles. The average molecular weight is 461 g/mol. The number of anilines is 4. The highest BCUT2D eigenvalue weighted by Gasteiger charge is 2.37. The third-order valence-electron chi connectivity index (χ3n) is 4.72. The minimum atomic E-state index is -4.70. The highest BCUT2D eigenvalue weighted by Crippen LogP contribution is 2.38. The van der Waals surface area contributed by atoms with Crippen LogP contribution >= 0.6 is 0 Å². The van der Waals surface area contributed by atoms with Gasteiger partial charge >= 0.3 is 6.18 Å². The van der Waals surface area contributed by atoms with Crippen LogP contribution < -0.4 is 14.5 Å². The van der Waals surface area contributed by atoms with Gasteiger partial charge in [-0.3, -0.25) is 10.1 Å². The molecule has 0 saturated heterocycles.